The lowest BCUT2D eigenvalue weighted by Crippen LogP contribution is -2.04. The minimum atomic E-state index is 0.756. The summed E-state index contributed by atoms with van der Waals surface area (Å²) in [4.78, 5) is 0.921. The molecule has 0 saturated carbocycles. The quantitative estimate of drug-likeness (QED) is 0.492. The lowest BCUT2D eigenvalue weighted by molar-refractivity contribution is 1.22. The predicted molar refractivity (Wildman–Crippen MR) is 38.6 cm³/mol. The highest BCUT2D eigenvalue weighted by Gasteiger charge is 1.96. The highest BCUT2D eigenvalue weighted by molar-refractivity contribution is 7.80. The average Bonchev–Trinajstić information content (AvgIpc) is 1.64. The molecule has 0 spiro atoms. The zero-order chi connectivity index (χ0) is 5.98. The van der Waals surface area contributed by atoms with Gasteiger partial charge in [-0.05, 0) is 12.2 Å². The zero-order valence-corrected chi connectivity index (χ0v) is 5.24. The van der Waals surface area contributed by atoms with Gasteiger partial charge in [0.25, 0.3) is 0 Å². The molecule has 1 aliphatic carbocycles. The number of nitrogens with two attached hydrogens (primary N) is 1. The Balaban J connectivity index is 2.73. The van der Waals surface area contributed by atoms with Gasteiger partial charge in [-0.2, -0.15) is 0 Å². The molecule has 0 atom stereocenters. The molecule has 0 aromatic carbocycles. The summed E-state index contributed by atoms with van der Waals surface area (Å²) in [5.41, 5.74) is 6.31. The Morgan fingerprint density at radius 1 is 1.62 bits per heavy atom. The number of hydrogen-bond acceptors (Lipinski definition) is 2. The first-order chi connectivity index (χ1) is 3.79. The van der Waals surface area contributed by atoms with E-state index in [9.17, 15) is 0 Å². The molecule has 1 nitrogen and oxygen atoms in total. The Hall–Kier alpha value is -0.630. The second-order valence-corrected chi connectivity index (χ2v) is 2.27. The van der Waals surface area contributed by atoms with Crippen molar-refractivity contribution in [3.63, 3.8) is 0 Å². The Morgan fingerprint density at radius 2 is 2.38 bits per heavy atom. The van der Waals surface area contributed by atoms with Crippen molar-refractivity contribution in [1.82, 2.24) is 0 Å². The van der Waals surface area contributed by atoms with E-state index in [0.717, 1.165) is 17.0 Å². The van der Waals surface area contributed by atoms with Crippen LogP contribution in [0.1, 0.15) is 6.42 Å². The fourth-order valence-corrected chi connectivity index (χ4v) is 0.843. The fraction of sp³-hybridized carbons (Fsp3) is 0.167. The zero-order valence-electron chi connectivity index (χ0n) is 4.42. The van der Waals surface area contributed by atoms with Gasteiger partial charge < -0.3 is 5.73 Å². The Labute approximate surface area is 53.9 Å². The van der Waals surface area contributed by atoms with Crippen LogP contribution in [0, 0.1) is 0 Å². The number of thiocarbonyl (C=S) groups is 1. The third-order valence-electron chi connectivity index (χ3n) is 0.971. The summed E-state index contributed by atoms with van der Waals surface area (Å²) in [6.07, 6.45) is 6.40. The van der Waals surface area contributed by atoms with E-state index >= 15 is 0 Å². The predicted octanol–water partition coefficient (Wildman–Crippen LogP) is 1.16. The van der Waals surface area contributed by atoms with Gasteiger partial charge in [-0.1, -0.05) is 18.3 Å². The summed E-state index contributed by atoms with van der Waals surface area (Å²) < 4.78 is 0. The van der Waals surface area contributed by atoms with Crippen LogP contribution in [-0.4, -0.2) is 4.86 Å². The molecule has 0 bridgehead atoms. The van der Waals surface area contributed by atoms with E-state index in [4.69, 9.17) is 18.0 Å². The van der Waals surface area contributed by atoms with E-state index in [1.54, 1.807) is 0 Å². The van der Waals surface area contributed by atoms with Crippen molar-refractivity contribution in [3.05, 3.63) is 23.9 Å². The highest BCUT2D eigenvalue weighted by Crippen LogP contribution is 2.03. The van der Waals surface area contributed by atoms with Crippen molar-refractivity contribution in [1.29, 1.82) is 0 Å². The summed E-state index contributed by atoms with van der Waals surface area (Å²) in [5, 5.41) is 0. The van der Waals surface area contributed by atoms with Crippen LogP contribution in [-0.2, 0) is 0 Å². The van der Waals surface area contributed by atoms with Crippen LogP contribution in [0.4, 0.5) is 0 Å². The summed E-state index contributed by atoms with van der Waals surface area (Å²) in [6, 6.07) is 0. The van der Waals surface area contributed by atoms with Crippen molar-refractivity contribution in [2.45, 2.75) is 6.42 Å². The first-order valence-corrected chi connectivity index (χ1v) is 2.85. The van der Waals surface area contributed by atoms with Crippen LogP contribution >= 0.6 is 12.2 Å². The summed E-state index contributed by atoms with van der Waals surface area (Å²) in [7, 11) is 0. The van der Waals surface area contributed by atoms with Gasteiger partial charge in [0.15, 0.2) is 0 Å². The van der Waals surface area contributed by atoms with Gasteiger partial charge in [0.2, 0.25) is 0 Å². The molecule has 1 rings (SSSR count). The lowest BCUT2D eigenvalue weighted by Gasteiger charge is -2.01. The van der Waals surface area contributed by atoms with Gasteiger partial charge in [0.1, 0.15) is 0 Å². The maximum Gasteiger partial charge on any atom is 0.0224 e. The first-order valence-electron chi connectivity index (χ1n) is 2.44. The lowest BCUT2D eigenvalue weighted by atomic mass is 10.1. The second-order valence-electron chi connectivity index (χ2n) is 1.74. The molecule has 0 fully saturated rings. The fourth-order valence-electron chi connectivity index (χ4n) is 0.598. The van der Waals surface area contributed by atoms with Crippen LogP contribution < -0.4 is 5.73 Å². The van der Waals surface area contributed by atoms with Crippen molar-refractivity contribution >= 4 is 17.1 Å². The van der Waals surface area contributed by atoms with Gasteiger partial charge >= 0.3 is 0 Å². The monoisotopic (exact) mass is 125 g/mol. The van der Waals surface area contributed by atoms with Crippen LogP contribution in [0.15, 0.2) is 23.9 Å². The van der Waals surface area contributed by atoms with Gasteiger partial charge in [0, 0.05) is 17.0 Å². The summed E-state index contributed by atoms with van der Waals surface area (Å²) in [5.74, 6) is 0. The van der Waals surface area contributed by atoms with E-state index < -0.39 is 0 Å². The van der Waals surface area contributed by atoms with E-state index in [-0.39, 0.29) is 0 Å². The Kier molecular flexibility index (Phi) is 1.44. The molecule has 0 amide bonds. The van der Waals surface area contributed by atoms with Crippen LogP contribution in [0.3, 0.4) is 0 Å². The SMILES string of the molecule is NC1=CC=CC(=S)C1. The van der Waals surface area contributed by atoms with Gasteiger partial charge in [-0.15, -0.1) is 0 Å². The third-order valence-corrected chi connectivity index (χ3v) is 1.25. The van der Waals surface area contributed by atoms with E-state index in [2.05, 4.69) is 0 Å². The van der Waals surface area contributed by atoms with Gasteiger partial charge in [-0.3, -0.25) is 0 Å². The molecule has 42 valence electrons. The first kappa shape index (κ1) is 5.51. The molecule has 8 heavy (non-hydrogen) atoms. The highest BCUT2D eigenvalue weighted by atomic mass is 32.1. The molecule has 0 aromatic rings. The minimum absolute atomic E-state index is 0.756. The standard InChI is InChI=1S/C6H7NS/c7-5-2-1-3-6(8)4-5/h1-3H,4,7H2. The molecular formula is C6H7NS. The van der Waals surface area contributed by atoms with E-state index in [0.29, 0.717) is 0 Å². The maximum atomic E-state index is 5.45. The van der Waals surface area contributed by atoms with Crippen molar-refractivity contribution in [2.24, 2.45) is 5.73 Å². The molecule has 2 N–H and O–H groups in total. The van der Waals surface area contributed by atoms with Crippen LogP contribution in [0.2, 0.25) is 0 Å². The molecule has 0 saturated heterocycles. The Morgan fingerprint density at radius 3 is 2.75 bits per heavy atom. The van der Waals surface area contributed by atoms with Crippen LogP contribution in [0.25, 0.3) is 0 Å². The van der Waals surface area contributed by atoms with Crippen LogP contribution in [0.5, 0.6) is 0 Å². The van der Waals surface area contributed by atoms with Crippen molar-refractivity contribution < 1.29 is 0 Å². The molecule has 0 aromatic heterocycles. The molecule has 0 aliphatic heterocycles. The van der Waals surface area contributed by atoms with Gasteiger partial charge in [-0.25, -0.2) is 0 Å². The molecule has 0 unspecified atom stereocenters. The third kappa shape index (κ3) is 1.17. The summed E-state index contributed by atoms with van der Waals surface area (Å²) in [6.45, 7) is 0. The number of rotatable bonds is 0. The number of allylic oxidation sites excluding steroid dienone is 4. The van der Waals surface area contributed by atoms with E-state index in [1.807, 2.05) is 18.2 Å². The topological polar surface area (TPSA) is 26.0 Å². The van der Waals surface area contributed by atoms with Gasteiger partial charge in [0.05, 0.1) is 0 Å². The maximum absolute atomic E-state index is 5.45. The second kappa shape index (κ2) is 2.09. The molecule has 0 heterocycles. The molecular weight excluding hydrogens is 118 g/mol. The average molecular weight is 125 g/mol. The molecule has 2 heteroatoms. The Bertz CT molecular complexity index is 167. The van der Waals surface area contributed by atoms with Crippen molar-refractivity contribution in [3.8, 4) is 0 Å². The van der Waals surface area contributed by atoms with E-state index in [1.165, 1.54) is 0 Å². The summed E-state index contributed by atoms with van der Waals surface area (Å²) >= 11 is 4.88. The molecule has 0 radical (unpaired) electrons. The largest absolute Gasteiger partial charge is 0.402 e. The molecule has 1 aliphatic rings. The smallest absolute Gasteiger partial charge is 0.0224 e. The van der Waals surface area contributed by atoms with Crippen molar-refractivity contribution in [2.75, 3.05) is 0 Å². The normalized spacial score (nSPS) is 18.5. The minimum Gasteiger partial charge on any atom is -0.402 e. The number of hydrogen-bond donors (Lipinski definition) is 1.